The Bertz CT molecular complexity index is 586. The summed E-state index contributed by atoms with van der Waals surface area (Å²) in [6, 6.07) is 0. The lowest BCUT2D eigenvalue weighted by molar-refractivity contribution is -0.165. The first-order valence-electron chi connectivity index (χ1n) is 6.22. The van der Waals surface area contributed by atoms with E-state index >= 15 is 0 Å². The smallest absolute Gasteiger partial charge is 0.347 e. The molecule has 22 heavy (non-hydrogen) atoms. The van der Waals surface area contributed by atoms with E-state index in [1.807, 2.05) is 4.72 Å². The number of halogens is 1. The van der Waals surface area contributed by atoms with E-state index in [2.05, 4.69) is 9.47 Å². The van der Waals surface area contributed by atoms with Crippen molar-refractivity contribution in [2.24, 2.45) is 0 Å². The maximum atomic E-state index is 12.2. The lowest BCUT2D eigenvalue weighted by Crippen LogP contribution is -2.35. The van der Waals surface area contributed by atoms with Crippen LogP contribution < -0.4 is 4.72 Å². The highest BCUT2D eigenvalue weighted by atomic mass is 32.3. The van der Waals surface area contributed by atoms with Crippen LogP contribution in [0.5, 0.6) is 0 Å². The molecule has 0 spiro atoms. The highest BCUT2D eigenvalue weighted by Crippen LogP contribution is 1.99. The summed E-state index contributed by atoms with van der Waals surface area (Å²) in [4.78, 5) is 22.5. The average molecular weight is 363 g/mol. The number of sulfonamides is 1. The van der Waals surface area contributed by atoms with Crippen LogP contribution in [0.15, 0.2) is 0 Å². The molecule has 0 radical (unpaired) electrons. The predicted molar refractivity (Wildman–Crippen MR) is 73.5 cm³/mol. The van der Waals surface area contributed by atoms with E-state index in [0.717, 1.165) is 0 Å². The molecule has 0 heterocycles. The zero-order chi connectivity index (χ0) is 17.4. The fourth-order valence-electron chi connectivity index (χ4n) is 1.21. The van der Waals surface area contributed by atoms with Crippen LogP contribution in [0.3, 0.4) is 0 Å². The van der Waals surface area contributed by atoms with Gasteiger partial charge in [0, 0.05) is 0 Å². The maximum Gasteiger partial charge on any atom is 0.347 e. The van der Waals surface area contributed by atoms with Crippen molar-refractivity contribution in [1.29, 1.82) is 0 Å². The summed E-state index contributed by atoms with van der Waals surface area (Å²) in [6.07, 6.45) is -1.64. The summed E-state index contributed by atoms with van der Waals surface area (Å²) >= 11 is 0. The molecule has 0 aliphatic rings. The van der Waals surface area contributed by atoms with Gasteiger partial charge in [0.15, 0.2) is 6.10 Å². The predicted octanol–water partition coefficient (Wildman–Crippen LogP) is -0.910. The van der Waals surface area contributed by atoms with E-state index in [4.69, 9.17) is 0 Å². The zero-order valence-electron chi connectivity index (χ0n) is 12.1. The van der Waals surface area contributed by atoms with E-state index in [1.54, 1.807) is 6.92 Å². The van der Waals surface area contributed by atoms with E-state index in [9.17, 15) is 30.3 Å². The quantitative estimate of drug-likeness (QED) is 0.389. The Labute approximate surface area is 128 Å². The van der Waals surface area contributed by atoms with Crippen LogP contribution in [0.1, 0.15) is 20.3 Å². The number of hydrogen-bond acceptors (Lipinski definition) is 8. The first kappa shape index (κ1) is 20.7. The Morgan fingerprint density at radius 3 is 2.27 bits per heavy atom. The normalized spacial score (nSPS) is 13.4. The Hall–Kier alpha value is -1.27. The molecule has 0 aliphatic heterocycles. The molecule has 12 heteroatoms. The molecule has 9 nitrogen and oxygen atoms in total. The third kappa shape index (κ3) is 10.5. The van der Waals surface area contributed by atoms with Crippen LogP contribution in [0.4, 0.5) is 3.89 Å². The van der Waals surface area contributed by atoms with Crippen molar-refractivity contribution in [3.05, 3.63) is 0 Å². The van der Waals surface area contributed by atoms with Gasteiger partial charge in [-0.1, -0.05) is 0 Å². The molecule has 0 saturated heterocycles. The van der Waals surface area contributed by atoms with E-state index < -0.39 is 62.8 Å². The van der Waals surface area contributed by atoms with E-state index in [1.165, 1.54) is 6.92 Å². The Morgan fingerprint density at radius 1 is 1.18 bits per heavy atom. The van der Waals surface area contributed by atoms with Crippen molar-refractivity contribution >= 4 is 32.2 Å². The molecule has 1 atom stereocenters. The molecule has 1 N–H and O–H groups in total. The van der Waals surface area contributed by atoms with Crippen molar-refractivity contribution in [1.82, 2.24) is 4.72 Å². The largest absolute Gasteiger partial charge is 0.463 e. The van der Waals surface area contributed by atoms with Crippen molar-refractivity contribution < 1.29 is 39.8 Å². The zero-order valence-corrected chi connectivity index (χ0v) is 13.7. The monoisotopic (exact) mass is 363 g/mol. The minimum Gasteiger partial charge on any atom is -0.463 e. The Kier molecular flexibility index (Phi) is 8.48. The maximum absolute atomic E-state index is 12.2. The highest BCUT2D eigenvalue weighted by molar-refractivity contribution is 7.89. The van der Waals surface area contributed by atoms with Gasteiger partial charge in [0.25, 0.3) is 0 Å². The molecule has 0 rings (SSSR count). The number of ether oxygens (including phenoxy) is 2. The van der Waals surface area contributed by atoms with Crippen LogP contribution in [-0.2, 0) is 39.3 Å². The number of hydrogen-bond donors (Lipinski definition) is 1. The third-order valence-corrected chi connectivity index (χ3v) is 4.35. The number of nitrogens with one attached hydrogen (secondary N) is 1. The first-order valence-corrected chi connectivity index (χ1v) is 9.43. The van der Waals surface area contributed by atoms with Crippen molar-refractivity contribution in [2.75, 3.05) is 24.7 Å². The van der Waals surface area contributed by atoms with Crippen molar-refractivity contribution in [3.63, 3.8) is 0 Å². The second-order valence-electron chi connectivity index (χ2n) is 4.12. The molecule has 1 unspecified atom stereocenters. The van der Waals surface area contributed by atoms with Gasteiger partial charge in [-0.3, -0.25) is 4.79 Å². The summed E-state index contributed by atoms with van der Waals surface area (Å²) in [7, 11) is -8.71. The third-order valence-electron chi connectivity index (χ3n) is 2.16. The molecular weight excluding hydrogens is 345 g/mol. The molecule has 130 valence electrons. The fourth-order valence-corrected chi connectivity index (χ4v) is 2.89. The minimum absolute atomic E-state index is 0.102. The van der Waals surface area contributed by atoms with Gasteiger partial charge >= 0.3 is 22.2 Å². The van der Waals surface area contributed by atoms with Gasteiger partial charge in [0.05, 0.1) is 18.1 Å². The average Bonchev–Trinajstić information content (AvgIpc) is 2.35. The Morgan fingerprint density at radius 2 is 1.77 bits per heavy atom. The molecule has 0 saturated carbocycles. The fraction of sp³-hybridized carbons (Fsp3) is 0.800. The van der Waals surface area contributed by atoms with Crippen LogP contribution in [-0.4, -0.2) is 59.5 Å². The number of rotatable bonds is 10. The lowest BCUT2D eigenvalue weighted by atomic mass is 10.4. The summed E-state index contributed by atoms with van der Waals surface area (Å²) < 4.78 is 66.5. The van der Waals surface area contributed by atoms with Gasteiger partial charge in [0.2, 0.25) is 10.0 Å². The van der Waals surface area contributed by atoms with Crippen LogP contribution in [0.25, 0.3) is 0 Å². The Balaban J connectivity index is 4.20. The molecule has 0 aromatic carbocycles. The number of esters is 2. The second-order valence-corrected chi connectivity index (χ2v) is 7.53. The molecule has 0 aromatic heterocycles. The highest BCUT2D eigenvalue weighted by Gasteiger charge is 2.20. The van der Waals surface area contributed by atoms with Crippen LogP contribution >= 0.6 is 0 Å². The number of carbonyl (C=O) groups excluding carboxylic acids is 2. The summed E-state index contributed by atoms with van der Waals surface area (Å²) in [6.45, 7) is 2.19. The standard InChI is InChI=1S/C10H18FNO8S2/c1-3-19-10(14)8(2)20-9(13)7-12-22(17,18)6-4-5-21(11,15)16/h8,12H,3-7H2,1-2H3. The van der Waals surface area contributed by atoms with E-state index in [-0.39, 0.29) is 6.61 Å². The van der Waals surface area contributed by atoms with Gasteiger partial charge in [-0.25, -0.2) is 17.9 Å². The van der Waals surface area contributed by atoms with Gasteiger partial charge in [-0.05, 0) is 20.3 Å². The van der Waals surface area contributed by atoms with Gasteiger partial charge in [-0.2, -0.15) is 8.42 Å². The molecule has 0 aromatic rings. The van der Waals surface area contributed by atoms with Crippen LogP contribution in [0.2, 0.25) is 0 Å². The second kappa shape index (κ2) is 9.00. The molecular formula is C10H18FNO8S2. The van der Waals surface area contributed by atoms with Gasteiger partial charge < -0.3 is 9.47 Å². The van der Waals surface area contributed by atoms with E-state index in [0.29, 0.717) is 0 Å². The first-order chi connectivity index (χ1) is 9.97. The molecule has 0 fully saturated rings. The molecule has 0 amide bonds. The number of carbonyl (C=O) groups is 2. The summed E-state index contributed by atoms with van der Waals surface area (Å²) in [5.74, 6) is -3.39. The summed E-state index contributed by atoms with van der Waals surface area (Å²) in [5, 5.41) is 0. The van der Waals surface area contributed by atoms with Crippen LogP contribution in [0, 0.1) is 0 Å². The van der Waals surface area contributed by atoms with Gasteiger partial charge in [0.1, 0.15) is 6.54 Å². The van der Waals surface area contributed by atoms with Crippen molar-refractivity contribution in [2.45, 2.75) is 26.4 Å². The SMILES string of the molecule is CCOC(=O)C(C)OC(=O)CNS(=O)(=O)CCCS(=O)(=O)F. The topological polar surface area (TPSA) is 133 Å². The summed E-state index contributed by atoms with van der Waals surface area (Å²) in [5.41, 5.74) is 0. The van der Waals surface area contributed by atoms with Gasteiger partial charge in [-0.15, -0.1) is 3.89 Å². The molecule has 0 aliphatic carbocycles. The lowest BCUT2D eigenvalue weighted by Gasteiger charge is -2.12. The minimum atomic E-state index is -4.74. The van der Waals surface area contributed by atoms with Crippen molar-refractivity contribution in [3.8, 4) is 0 Å². The molecule has 0 bridgehead atoms.